The number of hydrogen-bond donors (Lipinski definition) is 2. The summed E-state index contributed by atoms with van der Waals surface area (Å²) in [6, 6.07) is 11.4. The van der Waals surface area contributed by atoms with Gasteiger partial charge in [0.15, 0.2) is 5.82 Å². The zero-order valence-electron chi connectivity index (χ0n) is 11.9. The summed E-state index contributed by atoms with van der Waals surface area (Å²) in [6.45, 7) is 3.01. The van der Waals surface area contributed by atoms with Gasteiger partial charge in [-0.3, -0.25) is 4.79 Å². The summed E-state index contributed by atoms with van der Waals surface area (Å²) in [6.07, 6.45) is 1.03. The van der Waals surface area contributed by atoms with Crippen molar-refractivity contribution in [2.45, 2.75) is 13.3 Å². The smallest absolute Gasteiger partial charge is 0.267 e. The van der Waals surface area contributed by atoms with Gasteiger partial charge in [-0.2, -0.15) is 0 Å². The lowest BCUT2D eigenvalue weighted by Crippen LogP contribution is -2.32. The van der Waals surface area contributed by atoms with Crippen molar-refractivity contribution < 1.29 is 4.79 Å². The number of aromatic nitrogens is 1. The molecule has 0 spiro atoms. The van der Waals surface area contributed by atoms with Gasteiger partial charge in [-0.1, -0.05) is 25.1 Å². The molecule has 5 heteroatoms. The SMILES string of the molecule is CC1Cc2ccccc2N(c2nc(C(N)=O)ccc2N)C1. The molecule has 1 aromatic heterocycles. The quantitative estimate of drug-likeness (QED) is 0.883. The van der Waals surface area contributed by atoms with Crippen LogP contribution in [0.2, 0.25) is 0 Å². The molecule has 1 atom stereocenters. The van der Waals surface area contributed by atoms with E-state index in [1.54, 1.807) is 12.1 Å². The van der Waals surface area contributed by atoms with Crippen molar-refractivity contribution in [3.8, 4) is 0 Å². The Morgan fingerprint density at radius 2 is 2.05 bits per heavy atom. The second-order valence-corrected chi connectivity index (χ2v) is 5.52. The minimum Gasteiger partial charge on any atom is -0.396 e. The molecule has 0 fully saturated rings. The predicted octanol–water partition coefficient (Wildman–Crippen LogP) is 2.09. The van der Waals surface area contributed by atoms with Gasteiger partial charge >= 0.3 is 0 Å². The number of carbonyl (C=O) groups excluding carboxylic acids is 1. The first-order chi connectivity index (χ1) is 10.1. The van der Waals surface area contributed by atoms with Crippen LogP contribution in [-0.2, 0) is 6.42 Å². The fourth-order valence-corrected chi connectivity index (χ4v) is 2.81. The van der Waals surface area contributed by atoms with E-state index in [1.165, 1.54) is 5.56 Å². The molecule has 108 valence electrons. The van der Waals surface area contributed by atoms with Crippen LogP contribution >= 0.6 is 0 Å². The molecule has 3 rings (SSSR count). The van der Waals surface area contributed by atoms with Crippen LogP contribution in [0, 0.1) is 5.92 Å². The zero-order chi connectivity index (χ0) is 15.0. The van der Waals surface area contributed by atoms with Crippen LogP contribution in [0.25, 0.3) is 0 Å². The van der Waals surface area contributed by atoms with Crippen molar-refractivity contribution in [3.63, 3.8) is 0 Å². The van der Waals surface area contributed by atoms with Gasteiger partial charge < -0.3 is 16.4 Å². The Balaban J connectivity index is 2.12. The van der Waals surface area contributed by atoms with Gasteiger partial charge in [0.2, 0.25) is 0 Å². The van der Waals surface area contributed by atoms with Crippen molar-refractivity contribution in [2.24, 2.45) is 11.7 Å². The molecule has 1 aliphatic rings. The average molecular weight is 282 g/mol. The maximum atomic E-state index is 11.4. The number of primary amides is 1. The van der Waals surface area contributed by atoms with Crippen LogP contribution in [0.15, 0.2) is 36.4 Å². The summed E-state index contributed by atoms with van der Waals surface area (Å²) in [5.74, 6) is 0.540. The van der Waals surface area contributed by atoms with Gasteiger partial charge in [0.25, 0.3) is 5.91 Å². The number of hydrogen-bond acceptors (Lipinski definition) is 4. The Morgan fingerprint density at radius 1 is 1.29 bits per heavy atom. The molecular formula is C16H18N4O. The number of nitrogens with zero attached hydrogens (tertiary/aromatic N) is 2. The van der Waals surface area contributed by atoms with Crippen LogP contribution in [0.4, 0.5) is 17.2 Å². The fourth-order valence-electron chi connectivity index (χ4n) is 2.81. The van der Waals surface area contributed by atoms with Crippen LogP contribution in [0.1, 0.15) is 23.0 Å². The third-order valence-corrected chi connectivity index (χ3v) is 3.76. The summed E-state index contributed by atoms with van der Waals surface area (Å²) in [4.78, 5) is 17.8. The highest BCUT2D eigenvalue weighted by Gasteiger charge is 2.25. The van der Waals surface area contributed by atoms with Crippen molar-refractivity contribution >= 4 is 23.1 Å². The Kier molecular flexibility index (Phi) is 3.25. The molecular weight excluding hydrogens is 264 g/mol. The molecule has 0 saturated heterocycles. The highest BCUT2D eigenvalue weighted by atomic mass is 16.1. The molecule has 1 unspecified atom stereocenters. The predicted molar refractivity (Wildman–Crippen MR) is 83.5 cm³/mol. The van der Waals surface area contributed by atoms with E-state index in [2.05, 4.69) is 28.9 Å². The Labute approximate surface area is 123 Å². The molecule has 1 aliphatic heterocycles. The summed E-state index contributed by atoms with van der Waals surface area (Å²) in [5, 5.41) is 0. The Bertz CT molecular complexity index is 698. The standard InChI is InChI=1S/C16H18N4O/c1-10-8-11-4-2-3-5-14(11)20(9-10)16-12(17)6-7-13(19-16)15(18)21/h2-7,10H,8-9,17H2,1H3,(H2,18,21). The van der Waals surface area contributed by atoms with Crippen LogP contribution < -0.4 is 16.4 Å². The van der Waals surface area contributed by atoms with E-state index in [1.807, 2.05) is 12.1 Å². The topological polar surface area (TPSA) is 85.2 Å². The number of benzene rings is 1. The van der Waals surface area contributed by atoms with E-state index >= 15 is 0 Å². The van der Waals surface area contributed by atoms with Gasteiger partial charge in [-0.05, 0) is 36.1 Å². The number of rotatable bonds is 2. The largest absolute Gasteiger partial charge is 0.396 e. The molecule has 0 aliphatic carbocycles. The highest BCUT2D eigenvalue weighted by molar-refractivity contribution is 5.92. The fraction of sp³-hybridized carbons (Fsp3) is 0.250. The van der Waals surface area contributed by atoms with Crippen molar-refractivity contribution in [1.82, 2.24) is 4.98 Å². The average Bonchev–Trinajstić information content (AvgIpc) is 2.46. The molecule has 0 bridgehead atoms. The summed E-state index contributed by atoms with van der Waals surface area (Å²) < 4.78 is 0. The van der Waals surface area contributed by atoms with E-state index in [0.717, 1.165) is 18.7 Å². The maximum Gasteiger partial charge on any atom is 0.267 e. The minimum atomic E-state index is -0.547. The lowest BCUT2D eigenvalue weighted by atomic mass is 9.94. The Hall–Kier alpha value is -2.56. The van der Waals surface area contributed by atoms with Crippen LogP contribution in [0.5, 0.6) is 0 Å². The molecule has 1 aromatic carbocycles. The highest BCUT2D eigenvalue weighted by Crippen LogP contribution is 2.36. The number of anilines is 3. The number of nitrogens with two attached hydrogens (primary N) is 2. The van der Waals surface area contributed by atoms with Crippen molar-refractivity contribution in [1.29, 1.82) is 0 Å². The molecule has 21 heavy (non-hydrogen) atoms. The third-order valence-electron chi connectivity index (χ3n) is 3.76. The molecule has 1 amide bonds. The number of amides is 1. The number of fused-ring (bicyclic) bond motifs is 1. The first-order valence-electron chi connectivity index (χ1n) is 6.98. The monoisotopic (exact) mass is 282 g/mol. The molecule has 2 heterocycles. The molecule has 0 saturated carbocycles. The van der Waals surface area contributed by atoms with Crippen LogP contribution in [0.3, 0.4) is 0 Å². The van der Waals surface area contributed by atoms with Gasteiger partial charge in [0.1, 0.15) is 5.69 Å². The summed E-state index contributed by atoms with van der Waals surface area (Å²) in [7, 11) is 0. The van der Waals surface area contributed by atoms with Gasteiger partial charge in [-0.15, -0.1) is 0 Å². The molecule has 0 radical (unpaired) electrons. The number of nitrogen functional groups attached to an aromatic ring is 1. The zero-order valence-corrected chi connectivity index (χ0v) is 11.9. The minimum absolute atomic E-state index is 0.231. The van der Waals surface area contributed by atoms with E-state index < -0.39 is 5.91 Å². The van der Waals surface area contributed by atoms with Crippen molar-refractivity contribution in [3.05, 3.63) is 47.7 Å². The third kappa shape index (κ3) is 2.42. The van der Waals surface area contributed by atoms with E-state index in [9.17, 15) is 4.79 Å². The normalized spacial score (nSPS) is 17.4. The second kappa shape index (κ2) is 5.09. The van der Waals surface area contributed by atoms with E-state index in [0.29, 0.717) is 17.4 Å². The number of para-hydroxylation sites is 1. The van der Waals surface area contributed by atoms with E-state index in [-0.39, 0.29) is 5.69 Å². The first-order valence-corrected chi connectivity index (χ1v) is 6.98. The van der Waals surface area contributed by atoms with Gasteiger partial charge in [0.05, 0.1) is 5.69 Å². The van der Waals surface area contributed by atoms with Gasteiger partial charge in [0, 0.05) is 12.2 Å². The van der Waals surface area contributed by atoms with E-state index in [4.69, 9.17) is 11.5 Å². The second-order valence-electron chi connectivity index (χ2n) is 5.52. The summed E-state index contributed by atoms with van der Waals surface area (Å²) >= 11 is 0. The lowest BCUT2D eigenvalue weighted by molar-refractivity contribution is 0.0995. The molecule has 4 N–H and O–H groups in total. The Morgan fingerprint density at radius 3 is 2.81 bits per heavy atom. The maximum absolute atomic E-state index is 11.4. The number of carbonyl (C=O) groups is 1. The lowest BCUT2D eigenvalue weighted by Gasteiger charge is -2.34. The van der Waals surface area contributed by atoms with Gasteiger partial charge in [-0.25, -0.2) is 4.98 Å². The molecule has 2 aromatic rings. The summed E-state index contributed by atoms with van der Waals surface area (Å²) in [5.41, 5.74) is 14.5. The molecule has 5 nitrogen and oxygen atoms in total. The van der Waals surface area contributed by atoms with Crippen molar-refractivity contribution in [2.75, 3.05) is 17.2 Å². The number of pyridine rings is 1. The van der Waals surface area contributed by atoms with Crippen LogP contribution in [-0.4, -0.2) is 17.4 Å². The first kappa shape index (κ1) is 13.4.